The molecule has 80 valence electrons. The number of rotatable bonds is 1. The molecule has 0 unspecified atom stereocenters. The second-order valence-corrected chi connectivity index (χ2v) is 4.76. The van der Waals surface area contributed by atoms with Crippen LogP contribution in [0.2, 0.25) is 0 Å². The maximum absolute atomic E-state index is 12.1. The number of hydrogen-bond donors (Lipinski definition) is 0. The van der Waals surface area contributed by atoms with Crippen molar-refractivity contribution in [2.75, 3.05) is 7.11 Å². The van der Waals surface area contributed by atoms with Crippen LogP contribution in [0.1, 0.15) is 51.4 Å². The number of carbonyl (C=O) groups excluding carboxylic acids is 1. The molecule has 0 N–H and O–H groups in total. The Morgan fingerprint density at radius 1 is 1.21 bits per heavy atom. The highest BCUT2D eigenvalue weighted by atomic mass is 16.5. The van der Waals surface area contributed by atoms with Gasteiger partial charge >= 0.3 is 0 Å². The van der Waals surface area contributed by atoms with E-state index in [1.807, 2.05) is 0 Å². The summed E-state index contributed by atoms with van der Waals surface area (Å²) in [6.45, 7) is 0. The molecule has 14 heavy (non-hydrogen) atoms. The van der Waals surface area contributed by atoms with E-state index >= 15 is 0 Å². The Morgan fingerprint density at radius 2 is 1.93 bits per heavy atom. The standard InChI is InChI=1S/C12H20O2/c1-14-11-7-3-5-9-12(11)8-4-2-6-10(12)13/h11H,2-9H2,1H3/t11-,12+/m0/s1. The molecule has 2 rings (SSSR count). The molecule has 2 heteroatoms. The molecule has 2 nitrogen and oxygen atoms in total. The van der Waals surface area contributed by atoms with E-state index in [1.54, 1.807) is 7.11 Å². The molecule has 1 spiro atoms. The molecule has 2 aliphatic rings. The molecule has 0 aliphatic heterocycles. The van der Waals surface area contributed by atoms with Crippen molar-refractivity contribution in [2.24, 2.45) is 5.41 Å². The molecule has 0 amide bonds. The normalized spacial score (nSPS) is 38.9. The van der Waals surface area contributed by atoms with Crippen LogP contribution in [-0.2, 0) is 9.53 Å². The second-order valence-electron chi connectivity index (χ2n) is 4.76. The first kappa shape index (κ1) is 10.2. The number of methoxy groups -OCH3 is 1. The van der Waals surface area contributed by atoms with E-state index in [0.29, 0.717) is 5.78 Å². The lowest BCUT2D eigenvalue weighted by Crippen LogP contribution is -2.47. The minimum Gasteiger partial charge on any atom is -0.380 e. The summed E-state index contributed by atoms with van der Waals surface area (Å²) in [7, 11) is 1.76. The summed E-state index contributed by atoms with van der Waals surface area (Å²) in [6.07, 6.45) is 8.99. The van der Waals surface area contributed by atoms with Crippen LogP contribution in [0.15, 0.2) is 0 Å². The van der Waals surface area contributed by atoms with Crippen molar-refractivity contribution in [3.63, 3.8) is 0 Å². The predicted molar refractivity (Wildman–Crippen MR) is 55.2 cm³/mol. The van der Waals surface area contributed by atoms with Crippen LogP contribution in [-0.4, -0.2) is 19.0 Å². The Hall–Kier alpha value is -0.370. The molecule has 0 aromatic heterocycles. The van der Waals surface area contributed by atoms with Crippen LogP contribution < -0.4 is 0 Å². The van der Waals surface area contributed by atoms with Crippen LogP contribution in [0.5, 0.6) is 0 Å². The number of hydrogen-bond acceptors (Lipinski definition) is 2. The number of Topliss-reactive ketones (excluding diaryl/α,β-unsaturated/α-hetero) is 1. The summed E-state index contributed by atoms with van der Waals surface area (Å²) in [5, 5.41) is 0. The number of ketones is 1. The van der Waals surface area contributed by atoms with Gasteiger partial charge in [-0.2, -0.15) is 0 Å². The van der Waals surface area contributed by atoms with Gasteiger partial charge in [-0.1, -0.05) is 19.3 Å². The molecule has 0 heterocycles. The Morgan fingerprint density at radius 3 is 2.64 bits per heavy atom. The third-order valence-electron chi connectivity index (χ3n) is 4.07. The van der Waals surface area contributed by atoms with Crippen molar-refractivity contribution < 1.29 is 9.53 Å². The zero-order chi connectivity index (χ0) is 10.0. The van der Waals surface area contributed by atoms with Crippen molar-refractivity contribution in [3.8, 4) is 0 Å². The molecule has 0 aromatic rings. The van der Waals surface area contributed by atoms with Gasteiger partial charge in [0.15, 0.2) is 0 Å². The predicted octanol–water partition coefficient (Wildman–Crippen LogP) is 2.70. The first-order chi connectivity index (χ1) is 6.79. The number of ether oxygens (including phenoxy) is 1. The lowest BCUT2D eigenvalue weighted by atomic mass is 9.63. The van der Waals surface area contributed by atoms with Crippen LogP contribution in [0.25, 0.3) is 0 Å². The lowest BCUT2D eigenvalue weighted by Gasteiger charge is -2.44. The highest BCUT2D eigenvalue weighted by Crippen LogP contribution is 2.46. The molecule has 2 aliphatic carbocycles. The zero-order valence-corrected chi connectivity index (χ0v) is 9.05. The summed E-state index contributed by atoms with van der Waals surface area (Å²) in [6, 6.07) is 0. The largest absolute Gasteiger partial charge is 0.380 e. The Balaban J connectivity index is 2.19. The van der Waals surface area contributed by atoms with Gasteiger partial charge in [-0.25, -0.2) is 0 Å². The van der Waals surface area contributed by atoms with Crippen LogP contribution in [0, 0.1) is 5.41 Å². The highest BCUT2D eigenvalue weighted by molar-refractivity contribution is 5.86. The van der Waals surface area contributed by atoms with E-state index in [4.69, 9.17) is 4.74 Å². The fraction of sp³-hybridized carbons (Fsp3) is 0.917. The van der Waals surface area contributed by atoms with Crippen molar-refractivity contribution in [2.45, 2.75) is 57.5 Å². The van der Waals surface area contributed by atoms with Crippen molar-refractivity contribution in [1.29, 1.82) is 0 Å². The van der Waals surface area contributed by atoms with E-state index in [9.17, 15) is 4.79 Å². The molecule has 0 bridgehead atoms. The molecular formula is C12H20O2. The fourth-order valence-electron chi connectivity index (χ4n) is 3.27. The lowest BCUT2D eigenvalue weighted by molar-refractivity contribution is -0.145. The molecule has 0 aromatic carbocycles. The van der Waals surface area contributed by atoms with Gasteiger partial charge in [-0.15, -0.1) is 0 Å². The van der Waals surface area contributed by atoms with Gasteiger partial charge in [0.1, 0.15) is 5.78 Å². The summed E-state index contributed by atoms with van der Waals surface area (Å²) in [5.41, 5.74) is -0.0781. The van der Waals surface area contributed by atoms with Gasteiger partial charge in [0.05, 0.1) is 11.5 Å². The Bertz CT molecular complexity index is 218. The topological polar surface area (TPSA) is 26.3 Å². The Labute approximate surface area is 86.0 Å². The molecular weight excluding hydrogens is 176 g/mol. The summed E-state index contributed by atoms with van der Waals surface area (Å²) >= 11 is 0. The number of carbonyl (C=O) groups is 1. The third kappa shape index (κ3) is 1.50. The maximum atomic E-state index is 12.1. The highest BCUT2D eigenvalue weighted by Gasteiger charge is 2.47. The molecule has 2 fully saturated rings. The van der Waals surface area contributed by atoms with Gasteiger partial charge in [0.25, 0.3) is 0 Å². The zero-order valence-electron chi connectivity index (χ0n) is 9.05. The minimum absolute atomic E-state index is 0.0781. The van der Waals surface area contributed by atoms with Gasteiger partial charge in [0, 0.05) is 13.5 Å². The SMILES string of the molecule is CO[C@H]1CCCC[C@@]12CCCCC2=O. The van der Waals surface area contributed by atoms with Crippen molar-refractivity contribution in [3.05, 3.63) is 0 Å². The first-order valence-corrected chi connectivity index (χ1v) is 5.86. The van der Waals surface area contributed by atoms with Crippen molar-refractivity contribution in [1.82, 2.24) is 0 Å². The molecule has 2 saturated carbocycles. The van der Waals surface area contributed by atoms with E-state index in [0.717, 1.165) is 32.1 Å². The average molecular weight is 196 g/mol. The van der Waals surface area contributed by atoms with Gasteiger partial charge in [-0.05, 0) is 25.7 Å². The van der Waals surface area contributed by atoms with E-state index in [1.165, 1.54) is 19.3 Å². The van der Waals surface area contributed by atoms with E-state index < -0.39 is 0 Å². The van der Waals surface area contributed by atoms with Crippen LogP contribution in [0.3, 0.4) is 0 Å². The summed E-state index contributed by atoms with van der Waals surface area (Å²) < 4.78 is 5.53. The van der Waals surface area contributed by atoms with Gasteiger partial charge in [0.2, 0.25) is 0 Å². The molecule has 0 saturated heterocycles. The third-order valence-corrected chi connectivity index (χ3v) is 4.07. The monoisotopic (exact) mass is 196 g/mol. The quantitative estimate of drug-likeness (QED) is 0.644. The van der Waals surface area contributed by atoms with Gasteiger partial charge < -0.3 is 4.74 Å². The van der Waals surface area contributed by atoms with E-state index in [-0.39, 0.29) is 11.5 Å². The summed E-state index contributed by atoms with van der Waals surface area (Å²) in [5.74, 6) is 0.482. The smallest absolute Gasteiger partial charge is 0.141 e. The average Bonchev–Trinajstić information content (AvgIpc) is 2.23. The van der Waals surface area contributed by atoms with Gasteiger partial charge in [-0.3, -0.25) is 4.79 Å². The maximum Gasteiger partial charge on any atom is 0.141 e. The second kappa shape index (κ2) is 4.01. The van der Waals surface area contributed by atoms with Crippen LogP contribution >= 0.6 is 0 Å². The first-order valence-electron chi connectivity index (χ1n) is 5.86. The minimum atomic E-state index is -0.0781. The summed E-state index contributed by atoms with van der Waals surface area (Å²) in [4.78, 5) is 12.1. The molecule has 0 radical (unpaired) electrons. The molecule has 2 atom stereocenters. The van der Waals surface area contributed by atoms with E-state index in [2.05, 4.69) is 0 Å². The van der Waals surface area contributed by atoms with Crippen LogP contribution in [0.4, 0.5) is 0 Å². The Kier molecular flexibility index (Phi) is 2.91. The fourth-order valence-corrected chi connectivity index (χ4v) is 3.27. The van der Waals surface area contributed by atoms with Crippen molar-refractivity contribution >= 4 is 5.78 Å².